The number of likely N-dealkylation sites (tertiary alicyclic amines) is 1. The Balaban J connectivity index is 0.725. The van der Waals surface area contributed by atoms with Crippen LogP contribution in [-0.2, 0) is 30.9 Å². The lowest BCUT2D eigenvalue weighted by molar-refractivity contribution is -0.238. The Hall–Kier alpha value is -4.32. The van der Waals surface area contributed by atoms with E-state index in [2.05, 4.69) is 39.8 Å². The van der Waals surface area contributed by atoms with Crippen LogP contribution in [-0.4, -0.2) is 72.8 Å². The molecule has 3 aliphatic carbocycles. The fraction of sp³-hybridized carbons (Fsp3) is 0.410. The minimum absolute atomic E-state index is 0.0455. The Labute approximate surface area is 292 Å². The summed E-state index contributed by atoms with van der Waals surface area (Å²) in [5, 5.41) is 2.33. The van der Waals surface area contributed by atoms with Crippen LogP contribution in [0.1, 0.15) is 44.1 Å². The van der Waals surface area contributed by atoms with Gasteiger partial charge in [0, 0.05) is 60.2 Å². The minimum atomic E-state index is -3.71. The van der Waals surface area contributed by atoms with Crippen LogP contribution in [0.4, 0.5) is 0 Å². The third-order valence-electron chi connectivity index (χ3n) is 10.8. The molecule has 3 aromatic heterocycles. The number of hydrogen-bond acceptors (Lipinski definition) is 8. The molecule has 50 heavy (non-hydrogen) atoms. The maximum atomic E-state index is 13.3. The number of hydrogen-bond donors (Lipinski definition) is 0. The number of aryl methyl sites for hydroxylation is 2. The normalized spacial score (nSPS) is 21.5. The fourth-order valence-corrected chi connectivity index (χ4v) is 9.07. The van der Waals surface area contributed by atoms with Crippen molar-refractivity contribution in [1.29, 1.82) is 0 Å². The largest absolute Gasteiger partial charge is 0.471 e. The lowest BCUT2D eigenvalue weighted by Crippen LogP contribution is -2.72. The number of carbonyl (C=O) groups is 1. The summed E-state index contributed by atoms with van der Waals surface area (Å²) >= 11 is 0. The van der Waals surface area contributed by atoms with Gasteiger partial charge in [0.1, 0.15) is 6.10 Å². The number of amides is 1. The van der Waals surface area contributed by atoms with E-state index in [1.807, 2.05) is 48.6 Å². The van der Waals surface area contributed by atoms with E-state index in [1.54, 1.807) is 24.3 Å². The van der Waals surface area contributed by atoms with Crippen molar-refractivity contribution in [3.8, 4) is 17.0 Å². The summed E-state index contributed by atoms with van der Waals surface area (Å²) in [6.07, 6.45) is 10.6. The van der Waals surface area contributed by atoms with Crippen LogP contribution in [0.3, 0.4) is 0 Å². The highest BCUT2D eigenvalue weighted by atomic mass is 32.2. The predicted octanol–water partition coefficient (Wildman–Crippen LogP) is 6.45. The van der Waals surface area contributed by atoms with Crippen molar-refractivity contribution < 1.29 is 26.9 Å². The van der Waals surface area contributed by atoms with E-state index in [9.17, 15) is 13.2 Å². The molecule has 10 nitrogen and oxygen atoms in total. The zero-order chi connectivity index (χ0) is 34.5. The van der Waals surface area contributed by atoms with Gasteiger partial charge in [0.15, 0.2) is 0 Å². The van der Waals surface area contributed by atoms with E-state index in [0.29, 0.717) is 38.6 Å². The predicted molar refractivity (Wildman–Crippen MR) is 190 cm³/mol. The Kier molecular flexibility index (Phi) is 8.40. The van der Waals surface area contributed by atoms with Gasteiger partial charge in [-0.2, -0.15) is 8.42 Å². The molecule has 5 aromatic rings. The van der Waals surface area contributed by atoms with Crippen molar-refractivity contribution in [2.24, 2.45) is 17.9 Å². The van der Waals surface area contributed by atoms with Crippen molar-refractivity contribution >= 4 is 37.8 Å². The monoisotopic (exact) mass is 694 g/mol. The highest BCUT2D eigenvalue weighted by Crippen LogP contribution is 2.74. The van der Waals surface area contributed by atoms with Crippen molar-refractivity contribution in [3.63, 3.8) is 0 Å². The molecular weight excluding hydrogens is 653 g/mol. The first-order chi connectivity index (χ1) is 24.1. The van der Waals surface area contributed by atoms with Gasteiger partial charge in [-0.25, -0.2) is 4.98 Å². The van der Waals surface area contributed by atoms with E-state index >= 15 is 0 Å². The van der Waals surface area contributed by atoms with Crippen molar-refractivity contribution in [2.45, 2.75) is 56.4 Å². The van der Waals surface area contributed by atoms with Gasteiger partial charge >= 0.3 is 0 Å². The SMILES string of the molecule is Cc1ccc(S(=O)(=O)OCCCCCOCC23CC(C(=O)N4CC(Oc5ccc(-c6ccc7c8cnccc8n(C)c7c6)cn5)C4)(C2)C3)cc1. The highest BCUT2D eigenvalue weighted by molar-refractivity contribution is 7.86. The molecule has 11 heteroatoms. The van der Waals surface area contributed by atoms with Gasteiger partial charge in [0.25, 0.3) is 10.1 Å². The Morgan fingerprint density at radius 3 is 2.40 bits per heavy atom. The van der Waals surface area contributed by atoms with E-state index in [0.717, 1.165) is 65.2 Å². The third-order valence-corrected chi connectivity index (χ3v) is 12.1. The van der Waals surface area contributed by atoms with E-state index < -0.39 is 10.1 Å². The smallest absolute Gasteiger partial charge is 0.296 e. The number of pyridine rings is 2. The summed E-state index contributed by atoms with van der Waals surface area (Å²) in [5.74, 6) is 0.826. The summed E-state index contributed by atoms with van der Waals surface area (Å²) in [4.78, 5) is 24.3. The molecule has 260 valence electrons. The van der Waals surface area contributed by atoms with Gasteiger partial charge in [-0.1, -0.05) is 29.8 Å². The minimum Gasteiger partial charge on any atom is -0.471 e. The van der Waals surface area contributed by atoms with E-state index in [4.69, 9.17) is 13.7 Å². The van der Waals surface area contributed by atoms with Gasteiger partial charge in [-0.05, 0) is 86.8 Å². The molecule has 0 N–H and O–H groups in total. The second kappa shape index (κ2) is 12.8. The van der Waals surface area contributed by atoms with Gasteiger partial charge in [0.2, 0.25) is 11.8 Å². The van der Waals surface area contributed by atoms with Crippen LogP contribution >= 0.6 is 0 Å². The molecule has 4 heterocycles. The van der Waals surface area contributed by atoms with Crippen LogP contribution in [0.2, 0.25) is 0 Å². The van der Waals surface area contributed by atoms with Gasteiger partial charge in [-0.15, -0.1) is 0 Å². The molecule has 3 saturated carbocycles. The maximum absolute atomic E-state index is 13.3. The number of ether oxygens (including phenoxy) is 2. The summed E-state index contributed by atoms with van der Waals surface area (Å²) in [7, 11) is -1.64. The molecule has 0 spiro atoms. The molecule has 1 aliphatic heterocycles. The van der Waals surface area contributed by atoms with Crippen LogP contribution in [0.25, 0.3) is 32.9 Å². The number of aromatic nitrogens is 3. The highest BCUT2D eigenvalue weighted by Gasteiger charge is 2.72. The Morgan fingerprint density at radius 2 is 1.64 bits per heavy atom. The summed E-state index contributed by atoms with van der Waals surface area (Å²) < 4.78 is 44.0. The molecule has 2 aromatic carbocycles. The second-order valence-corrected chi connectivity index (χ2v) is 16.1. The van der Waals surface area contributed by atoms with Crippen molar-refractivity contribution in [2.75, 3.05) is 32.9 Å². The number of fused-ring (bicyclic) bond motifs is 3. The van der Waals surface area contributed by atoms with Crippen molar-refractivity contribution in [3.05, 3.63) is 84.8 Å². The average molecular weight is 695 g/mol. The van der Waals surface area contributed by atoms with Gasteiger partial charge in [-0.3, -0.25) is 14.0 Å². The van der Waals surface area contributed by atoms with Crippen LogP contribution < -0.4 is 4.74 Å². The number of nitrogens with zero attached hydrogens (tertiary/aromatic N) is 4. The zero-order valence-electron chi connectivity index (χ0n) is 28.5. The molecule has 0 radical (unpaired) electrons. The van der Waals surface area contributed by atoms with E-state index in [-0.39, 0.29) is 34.3 Å². The second-order valence-electron chi connectivity index (χ2n) is 14.5. The van der Waals surface area contributed by atoms with Crippen LogP contribution in [0, 0.1) is 17.8 Å². The lowest BCUT2D eigenvalue weighted by Gasteiger charge is -2.70. The average Bonchev–Trinajstić information content (AvgIpc) is 3.35. The first kappa shape index (κ1) is 32.9. The molecule has 1 saturated heterocycles. The Bertz CT molecular complexity index is 2140. The Morgan fingerprint density at radius 1 is 0.880 bits per heavy atom. The third kappa shape index (κ3) is 6.05. The van der Waals surface area contributed by atoms with Crippen LogP contribution in [0.5, 0.6) is 5.88 Å². The standard InChI is InChI=1S/C39H42N4O6S/c1-27-6-10-31(11-7-27)50(45,46)48-17-5-3-4-16-47-26-38-23-39(24-38,25-38)37(44)43-21-30(22-43)49-36-13-9-29(19-41-36)28-8-12-32-33-20-40-15-14-34(33)42(2)35(32)18-28/h6-15,18-20,30H,3-5,16-17,21-26H2,1-2H3. The molecule has 4 fully saturated rings. The molecule has 0 unspecified atom stereocenters. The van der Waals surface area contributed by atoms with Gasteiger partial charge < -0.3 is 18.9 Å². The number of unbranched alkanes of at least 4 members (excludes halogenated alkanes) is 2. The summed E-state index contributed by atoms with van der Waals surface area (Å²) in [5.41, 5.74) is 5.35. The first-order valence-electron chi connectivity index (χ1n) is 17.4. The fourth-order valence-electron chi connectivity index (χ4n) is 8.13. The zero-order valence-corrected chi connectivity index (χ0v) is 29.3. The molecule has 1 amide bonds. The number of carbonyl (C=O) groups excluding carboxylic acids is 1. The van der Waals surface area contributed by atoms with Crippen molar-refractivity contribution in [1.82, 2.24) is 19.4 Å². The quantitative estimate of drug-likeness (QED) is 0.0964. The lowest BCUT2D eigenvalue weighted by atomic mass is 9.35. The summed E-state index contributed by atoms with van der Waals surface area (Å²) in [6.45, 7) is 4.58. The molecule has 0 atom stereocenters. The van der Waals surface area contributed by atoms with Crippen LogP contribution in [0.15, 0.2) is 84.1 Å². The molecule has 9 rings (SSSR count). The summed E-state index contributed by atoms with van der Waals surface area (Å²) in [6, 6.07) is 19.1. The number of benzene rings is 2. The number of rotatable bonds is 14. The molecular formula is C39H42N4O6S. The molecule has 4 aliphatic rings. The van der Waals surface area contributed by atoms with E-state index in [1.165, 1.54) is 5.39 Å². The van der Waals surface area contributed by atoms with Gasteiger partial charge in [0.05, 0.1) is 42.1 Å². The first-order valence-corrected chi connectivity index (χ1v) is 18.8. The topological polar surface area (TPSA) is 113 Å². The molecule has 2 bridgehead atoms. The maximum Gasteiger partial charge on any atom is 0.296 e.